The van der Waals surface area contributed by atoms with E-state index in [2.05, 4.69) is 5.32 Å². The lowest BCUT2D eigenvalue weighted by Gasteiger charge is -2.35. The van der Waals surface area contributed by atoms with Gasteiger partial charge in [0.2, 0.25) is 0 Å². The highest BCUT2D eigenvalue weighted by molar-refractivity contribution is 6.40. The molecule has 0 radical (unpaired) electrons. The molecule has 2 unspecified atom stereocenters. The fourth-order valence-corrected chi connectivity index (χ4v) is 3.78. The van der Waals surface area contributed by atoms with E-state index >= 15 is 0 Å². The molecule has 25 heavy (non-hydrogen) atoms. The predicted octanol–water partition coefficient (Wildman–Crippen LogP) is 3.76. The third-order valence-corrected chi connectivity index (χ3v) is 5.23. The molecule has 0 aromatic carbocycles. The lowest BCUT2D eigenvalue weighted by atomic mass is 9.74. The molecule has 1 aliphatic carbocycles. The summed E-state index contributed by atoms with van der Waals surface area (Å²) in [5.74, 6) is -1.94. The van der Waals surface area contributed by atoms with Crippen LogP contribution in [-0.2, 0) is 19.1 Å². The van der Waals surface area contributed by atoms with Crippen molar-refractivity contribution in [2.45, 2.75) is 27.2 Å². The van der Waals surface area contributed by atoms with E-state index in [1.165, 1.54) is 7.11 Å². The van der Waals surface area contributed by atoms with Crippen molar-refractivity contribution in [2.75, 3.05) is 13.7 Å². The van der Waals surface area contributed by atoms with Gasteiger partial charge >= 0.3 is 11.9 Å². The van der Waals surface area contributed by atoms with Crippen molar-refractivity contribution in [1.29, 1.82) is 0 Å². The number of esters is 2. The zero-order valence-corrected chi connectivity index (χ0v) is 16.1. The van der Waals surface area contributed by atoms with Gasteiger partial charge in [0.1, 0.15) is 0 Å². The number of rotatable bonds is 4. The smallest absolute Gasteiger partial charge is 0.336 e. The lowest BCUT2D eigenvalue weighted by Crippen LogP contribution is -2.37. The fourth-order valence-electron chi connectivity index (χ4n) is 3.27. The van der Waals surface area contributed by atoms with Crippen LogP contribution < -0.4 is 5.32 Å². The molecule has 7 heteroatoms. The molecule has 1 N–H and O–H groups in total. The number of ether oxygens (including phenoxy) is 2. The molecule has 0 saturated heterocycles. The quantitative estimate of drug-likeness (QED) is 0.746. The van der Waals surface area contributed by atoms with Crippen LogP contribution in [0.15, 0.2) is 44.8 Å². The van der Waals surface area contributed by atoms with Gasteiger partial charge < -0.3 is 14.8 Å². The average molecular weight is 386 g/mol. The number of carbonyl (C=O) groups is 2. The Balaban J connectivity index is 2.62. The molecule has 2 aliphatic rings. The minimum atomic E-state index is -0.598. The SMILES string of the molecule is CCOC(=O)C1=C(C)NC(C)=C(C(=O)OC)C1C1CC=CC(Cl)=C1Cl. The van der Waals surface area contributed by atoms with E-state index < -0.39 is 17.9 Å². The molecule has 1 aliphatic heterocycles. The van der Waals surface area contributed by atoms with Crippen LogP contribution in [0.25, 0.3) is 0 Å². The number of halogens is 2. The summed E-state index contributed by atoms with van der Waals surface area (Å²) >= 11 is 12.6. The standard InChI is InChI=1S/C18H21Cl2NO4/c1-5-25-18(23)14-10(3)21-9(2)13(17(22)24-4)15(14)11-7-6-8-12(19)16(11)20/h6,8,11,15,21H,5,7H2,1-4H3. The van der Waals surface area contributed by atoms with Crippen molar-refractivity contribution in [3.8, 4) is 0 Å². The van der Waals surface area contributed by atoms with E-state index in [9.17, 15) is 9.59 Å². The van der Waals surface area contributed by atoms with Gasteiger partial charge in [-0.05, 0) is 33.3 Å². The third-order valence-electron chi connectivity index (χ3n) is 4.32. The minimum Gasteiger partial charge on any atom is -0.466 e. The van der Waals surface area contributed by atoms with Crippen molar-refractivity contribution in [3.63, 3.8) is 0 Å². The number of nitrogens with one attached hydrogen (secondary N) is 1. The maximum atomic E-state index is 12.6. The van der Waals surface area contributed by atoms with Crippen molar-refractivity contribution in [2.24, 2.45) is 11.8 Å². The average Bonchev–Trinajstić information content (AvgIpc) is 2.56. The molecule has 1 heterocycles. The summed E-state index contributed by atoms with van der Waals surface area (Å²) in [6, 6.07) is 0. The van der Waals surface area contributed by atoms with Crippen LogP contribution in [-0.4, -0.2) is 25.7 Å². The van der Waals surface area contributed by atoms with Gasteiger partial charge in [0.15, 0.2) is 0 Å². The van der Waals surface area contributed by atoms with Gasteiger partial charge in [0, 0.05) is 28.3 Å². The van der Waals surface area contributed by atoms with Crippen LogP contribution in [0, 0.1) is 11.8 Å². The van der Waals surface area contributed by atoms with Crippen molar-refractivity contribution in [3.05, 3.63) is 44.8 Å². The summed E-state index contributed by atoms with van der Waals surface area (Å²) in [6.07, 6.45) is 4.14. The number of hydrogen-bond acceptors (Lipinski definition) is 5. The number of methoxy groups -OCH3 is 1. The van der Waals surface area contributed by atoms with Crippen molar-refractivity contribution >= 4 is 35.1 Å². The van der Waals surface area contributed by atoms with E-state index in [0.717, 1.165) is 0 Å². The Morgan fingerprint density at radius 1 is 1.20 bits per heavy atom. The largest absolute Gasteiger partial charge is 0.466 e. The Morgan fingerprint density at radius 2 is 1.80 bits per heavy atom. The van der Waals surface area contributed by atoms with Gasteiger partial charge in [-0.25, -0.2) is 9.59 Å². The number of dihydropyridines is 1. The second kappa shape index (κ2) is 8.11. The van der Waals surface area contributed by atoms with Gasteiger partial charge in [-0.3, -0.25) is 0 Å². The highest BCUT2D eigenvalue weighted by Gasteiger charge is 2.42. The predicted molar refractivity (Wildman–Crippen MR) is 96.7 cm³/mol. The summed E-state index contributed by atoms with van der Waals surface area (Å²) in [5.41, 5.74) is 1.98. The number of allylic oxidation sites excluding steroid dienone is 6. The Labute approximate surface area is 157 Å². The first-order chi connectivity index (χ1) is 11.8. The summed E-state index contributed by atoms with van der Waals surface area (Å²) in [6.45, 7) is 5.50. The highest BCUT2D eigenvalue weighted by Crippen LogP contribution is 2.45. The molecule has 0 aromatic rings. The topological polar surface area (TPSA) is 64.6 Å². The second-order valence-electron chi connectivity index (χ2n) is 5.83. The molecule has 0 spiro atoms. The van der Waals surface area contributed by atoms with E-state index in [-0.39, 0.29) is 12.5 Å². The van der Waals surface area contributed by atoms with Gasteiger partial charge in [0.05, 0.1) is 29.9 Å². The minimum absolute atomic E-state index is 0.230. The van der Waals surface area contributed by atoms with E-state index in [1.54, 1.807) is 26.8 Å². The summed E-state index contributed by atoms with van der Waals surface area (Å²) in [7, 11) is 1.31. The Bertz CT molecular complexity index is 719. The van der Waals surface area contributed by atoms with Crippen LogP contribution >= 0.6 is 23.2 Å². The van der Waals surface area contributed by atoms with Gasteiger partial charge in [-0.1, -0.05) is 29.3 Å². The third kappa shape index (κ3) is 3.77. The molecule has 0 aromatic heterocycles. The molecular formula is C18H21Cl2NO4. The van der Waals surface area contributed by atoms with Crippen molar-refractivity contribution in [1.82, 2.24) is 5.32 Å². The molecule has 5 nitrogen and oxygen atoms in total. The molecule has 0 bridgehead atoms. The normalized spacial score (nSPS) is 23.6. The van der Waals surface area contributed by atoms with E-state index in [1.807, 2.05) is 6.08 Å². The molecule has 2 atom stereocenters. The van der Waals surface area contributed by atoms with Crippen LogP contribution in [0.5, 0.6) is 0 Å². The first-order valence-corrected chi connectivity index (χ1v) is 8.74. The molecular weight excluding hydrogens is 365 g/mol. The summed E-state index contributed by atoms with van der Waals surface area (Å²) in [5, 5.41) is 3.90. The Kier molecular flexibility index (Phi) is 6.36. The molecule has 0 saturated carbocycles. The lowest BCUT2D eigenvalue weighted by molar-refractivity contribution is -0.139. The molecule has 0 fully saturated rings. The maximum absolute atomic E-state index is 12.6. The van der Waals surface area contributed by atoms with Crippen LogP contribution in [0.2, 0.25) is 0 Å². The van der Waals surface area contributed by atoms with Crippen molar-refractivity contribution < 1.29 is 19.1 Å². The van der Waals surface area contributed by atoms with Gasteiger partial charge in [-0.15, -0.1) is 0 Å². The van der Waals surface area contributed by atoms with Gasteiger partial charge in [-0.2, -0.15) is 0 Å². The maximum Gasteiger partial charge on any atom is 0.336 e. The first kappa shape index (κ1) is 19.6. The van der Waals surface area contributed by atoms with Crippen LogP contribution in [0.3, 0.4) is 0 Å². The summed E-state index contributed by atoms with van der Waals surface area (Å²) in [4.78, 5) is 25.1. The Hall–Kier alpha value is -1.72. The van der Waals surface area contributed by atoms with E-state index in [4.69, 9.17) is 32.7 Å². The number of hydrogen-bond donors (Lipinski definition) is 1. The Morgan fingerprint density at radius 3 is 2.36 bits per heavy atom. The van der Waals surface area contributed by atoms with Gasteiger partial charge in [0.25, 0.3) is 0 Å². The monoisotopic (exact) mass is 385 g/mol. The zero-order valence-electron chi connectivity index (χ0n) is 14.6. The van der Waals surface area contributed by atoms with E-state index in [0.29, 0.717) is 39.0 Å². The number of carbonyl (C=O) groups excluding carboxylic acids is 2. The van der Waals surface area contributed by atoms with Crippen LogP contribution in [0.4, 0.5) is 0 Å². The highest BCUT2D eigenvalue weighted by atomic mass is 35.5. The summed E-state index contributed by atoms with van der Waals surface area (Å²) < 4.78 is 10.2. The first-order valence-electron chi connectivity index (χ1n) is 7.99. The zero-order chi connectivity index (χ0) is 18.7. The molecule has 2 rings (SSSR count). The molecule has 136 valence electrons. The fraction of sp³-hybridized carbons (Fsp3) is 0.444. The van der Waals surface area contributed by atoms with Crippen LogP contribution in [0.1, 0.15) is 27.2 Å². The second-order valence-corrected chi connectivity index (χ2v) is 6.65. The molecule has 0 amide bonds.